The number of hydrogen-bond donors (Lipinski definition) is 1. The quantitative estimate of drug-likeness (QED) is 0.777. The molecule has 0 bridgehead atoms. The van der Waals surface area contributed by atoms with Gasteiger partial charge in [-0.2, -0.15) is 15.9 Å². The summed E-state index contributed by atoms with van der Waals surface area (Å²) in [6, 6.07) is 6.00. The first kappa shape index (κ1) is 14.1. The predicted molar refractivity (Wildman–Crippen MR) is 87.6 cm³/mol. The van der Waals surface area contributed by atoms with Crippen molar-refractivity contribution in [2.45, 2.75) is 18.9 Å². The summed E-state index contributed by atoms with van der Waals surface area (Å²) in [5, 5.41) is 19.4. The molecule has 0 aliphatic carbocycles. The van der Waals surface area contributed by atoms with E-state index in [2.05, 4.69) is 25.5 Å². The van der Waals surface area contributed by atoms with Gasteiger partial charge < -0.3 is 10.2 Å². The summed E-state index contributed by atoms with van der Waals surface area (Å²) in [5.74, 6) is 0.962. The summed E-state index contributed by atoms with van der Waals surface area (Å²) in [4.78, 5) is 14.3. The fraction of sp³-hybridized carbons (Fsp3) is 0.333. The van der Waals surface area contributed by atoms with Crippen LogP contribution in [0.25, 0.3) is 5.65 Å². The molecule has 4 heterocycles. The Morgan fingerprint density at radius 3 is 3.22 bits per heavy atom. The number of aromatic nitrogens is 4. The van der Waals surface area contributed by atoms with Gasteiger partial charge in [-0.3, -0.25) is 4.79 Å². The lowest BCUT2D eigenvalue weighted by molar-refractivity contribution is -0.121. The van der Waals surface area contributed by atoms with Gasteiger partial charge in [0.25, 0.3) is 0 Å². The smallest absolute Gasteiger partial charge is 0.224 e. The number of hydrogen-bond acceptors (Lipinski definition) is 6. The molecule has 0 aromatic carbocycles. The van der Waals surface area contributed by atoms with Gasteiger partial charge in [0.2, 0.25) is 5.91 Å². The monoisotopic (exact) mass is 328 g/mol. The zero-order chi connectivity index (χ0) is 15.6. The van der Waals surface area contributed by atoms with Crippen molar-refractivity contribution in [2.24, 2.45) is 0 Å². The maximum absolute atomic E-state index is 12.1. The minimum absolute atomic E-state index is 0.0810. The Morgan fingerprint density at radius 1 is 1.39 bits per heavy atom. The van der Waals surface area contributed by atoms with Gasteiger partial charge in [-0.15, -0.1) is 15.3 Å². The van der Waals surface area contributed by atoms with Crippen molar-refractivity contribution in [1.82, 2.24) is 25.1 Å². The third-order valence-electron chi connectivity index (χ3n) is 3.97. The van der Waals surface area contributed by atoms with Crippen molar-refractivity contribution in [1.29, 1.82) is 0 Å². The maximum atomic E-state index is 12.1. The van der Waals surface area contributed by atoms with Crippen LogP contribution in [0, 0.1) is 0 Å². The summed E-state index contributed by atoms with van der Waals surface area (Å²) < 4.78 is 1.66. The number of fused-ring (bicyclic) bond motifs is 1. The number of rotatable bonds is 4. The fourth-order valence-corrected chi connectivity index (χ4v) is 3.50. The summed E-state index contributed by atoms with van der Waals surface area (Å²) in [6.07, 6.45) is 2.97. The number of anilines is 1. The molecule has 1 atom stereocenters. The molecule has 1 N–H and O–H groups in total. The van der Waals surface area contributed by atoms with Crippen LogP contribution >= 0.6 is 11.3 Å². The maximum Gasteiger partial charge on any atom is 0.224 e. The zero-order valence-electron chi connectivity index (χ0n) is 12.4. The van der Waals surface area contributed by atoms with Crippen LogP contribution in [0.15, 0.2) is 35.3 Å². The average Bonchev–Trinajstić information content (AvgIpc) is 3.27. The van der Waals surface area contributed by atoms with Crippen LogP contribution in [-0.2, 0) is 11.2 Å². The van der Waals surface area contributed by atoms with E-state index in [0.717, 1.165) is 36.5 Å². The van der Waals surface area contributed by atoms with Crippen LogP contribution in [0.4, 0.5) is 5.82 Å². The molecule has 1 saturated heterocycles. The Morgan fingerprint density at radius 2 is 2.35 bits per heavy atom. The third kappa shape index (κ3) is 3.02. The first-order chi connectivity index (χ1) is 11.3. The van der Waals surface area contributed by atoms with E-state index in [0.29, 0.717) is 6.42 Å². The Balaban J connectivity index is 1.37. The molecule has 1 aliphatic rings. The van der Waals surface area contributed by atoms with Crippen LogP contribution in [0.1, 0.15) is 12.0 Å². The van der Waals surface area contributed by atoms with Crippen molar-refractivity contribution in [3.05, 3.63) is 40.8 Å². The number of amides is 1. The second-order valence-electron chi connectivity index (χ2n) is 5.63. The molecule has 8 heteroatoms. The highest BCUT2D eigenvalue weighted by Gasteiger charge is 2.25. The average molecular weight is 328 g/mol. The molecule has 0 unspecified atom stereocenters. The second kappa shape index (κ2) is 5.96. The van der Waals surface area contributed by atoms with Crippen LogP contribution in [0.5, 0.6) is 0 Å². The second-order valence-corrected chi connectivity index (χ2v) is 6.41. The number of thiophene rings is 1. The molecule has 1 aliphatic heterocycles. The highest BCUT2D eigenvalue weighted by atomic mass is 32.1. The van der Waals surface area contributed by atoms with E-state index < -0.39 is 0 Å². The molecule has 3 aromatic rings. The van der Waals surface area contributed by atoms with E-state index in [-0.39, 0.29) is 11.9 Å². The molecule has 1 amide bonds. The largest absolute Gasteiger partial charge is 0.353 e. The molecule has 0 radical (unpaired) electrons. The van der Waals surface area contributed by atoms with Crippen molar-refractivity contribution < 1.29 is 4.79 Å². The molecule has 23 heavy (non-hydrogen) atoms. The fourth-order valence-electron chi connectivity index (χ4n) is 2.83. The highest BCUT2D eigenvalue weighted by molar-refractivity contribution is 7.07. The van der Waals surface area contributed by atoms with Gasteiger partial charge in [0.1, 0.15) is 12.1 Å². The van der Waals surface area contributed by atoms with Crippen molar-refractivity contribution in [2.75, 3.05) is 18.0 Å². The van der Waals surface area contributed by atoms with Gasteiger partial charge in [-0.1, -0.05) is 0 Å². The van der Waals surface area contributed by atoms with Gasteiger partial charge >= 0.3 is 0 Å². The van der Waals surface area contributed by atoms with E-state index in [1.807, 2.05) is 29.0 Å². The molecule has 3 aromatic heterocycles. The number of nitrogens with one attached hydrogen (secondary N) is 1. The van der Waals surface area contributed by atoms with Crippen molar-refractivity contribution in [3.8, 4) is 0 Å². The predicted octanol–water partition coefficient (Wildman–Crippen LogP) is 1.12. The Hall–Kier alpha value is -2.48. The van der Waals surface area contributed by atoms with Gasteiger partial charge in [-0.25, -0.2) is 0 Å². The topological polar surface area (TPSA) is 75.4 Å². The van der Waals surface area contributed by atoms with Crippen molar-refractivity contribution >= 4 is 28.7 Å². The normalized spacial score (nSPS) is 17.7. The van der Waals surface area contributed by atoms with Gasteiger partial charge in [0.05, 0.1) is 6.42 Å². The Labute approximate surface area is 136 Å². The van der Waals surface area contributed by atoms with E-state index in [1.165, 1.54) is 0 Å². The first-order valence-corrected chi connectivity index (χ1v) is 8.45. The van der Waals surface area contributed by atoms with Crippen LogP contribution < -0.4 is 10.2 Å². The summed E-state index contributed by atoms with van der Waals surface area (Å²) in [7, 11) is 0. The minimum atomic E-state index is 0.0810. The van der Waals surface area contributed by atoms with Crippen LogP contribution in [0.2, 0.25) is 0 Å². The van der Waals surface area contributed by atoms with Gasteiger partial charge in [-0.05, 0) is 40.9 Å². The highest BCUT2D eigenvalue weighted by Crippen LogP contribution is 2.18. The number of carbonyl (C=O) groups is 1. The van der Waals surface area contributed by atoms with Gasteiger partial charge in [0, 0.05) is 19.1 Å². The van der Waals surface area contributed by atoms with E-state index in [1.54, 1.807) is 22.2 Å². The molecule has 0 spiro atoms. The third-order valence-corrected chi connectivity index (χ3v) is 4.70. The molecule has 118 valence electrons. The minimum Gasteiger partial charge on any atom is -0.353 e. The lowest BCUT2D eigenvalue weighted by Gasteiger charge is -2.17. The van der Waals surface area contributed by atoms with Gasteiger partial charge in [0.15, 0.2) is 5.65 Å². The number of carbonyl (C=O) groups excluding carboxylic acids is 1. The van der Waals surface area contributed by atoms with E-state index in [4.69, 9.17) is 0 Å². The lowest BCUT2D eigenvalue weighted by atomic mass is 10.2. The molecular weight excluding hydrogens is 312 g/mol. The Bertz CT molecular complexity index is 814. The summed E-state index contributed by atoms with van der Waals surface area (Å²) in [6.45, 7) is 1.65. The summed E-state index contributed by atoms with van der Waals surface area (Å²) in [5.41, 5.74) is 1.80. The summed E-state index contributed by atoms with van der Waals surface area (Å²) >= 11 is 1.61. The van der Waals surface area contributed by atoms with Crippen LogP contribution in [-0.4, -0.2) is 44.8 Å². The molecule has 7 nitrogen and oxygen atoms in total. The number of nitrogens with zero attached hydrogens (tertiary/aromatic N) is 5. The van der Waals surface area contributed by atoms with Crippen LogP contribution in [0.3, 0.4) is 0 Å². The van der Waals surface area contributed by atoms with Crippen molar-refractivity contribution in [3.63, 3.8) is 0 Å². The first-order valence-electron chi connectivity index (χ1n) is 7.50. The van der Waals surface area contributed by atoms with E-state index in [9.17, 15) is 4.79 Å². The standard InChI is InChI=1S/C15H16N6OS/c22-15(7-11-4-6-23-9-11)17-12-3-5-20(8-12)14-2-1-13-18-16-10-21(13)19-14/h1-2,4,6,9-10,12H,3,5,7-8H2,(H,17,22)/t12-/m1/s1. The molecule has 4 rings (SSSR count). The lowest BCUT2D eigenvalue weighted by Crippen LogP contribution is -2.38. The Kier molecular flexibility index (Phi) is 3.66. The SMILES string of the molecule is O=C(Cc1ccsc1)N[C@@H]1CCN(c2ccc3nncn3n2)C1. The molecular formula is C15H16N6OS. The zero-order valence-corrected chi connectivity index (χ0v) is 13.2. The van der Waals surface area contributed by atoms with E-state index >= 15 is 0 Å². The molecule has 0 saturated carbocycles. The molecule has 1 fully saturated rings.